The first kappa shape index (κ1) is 19.2. The molecular weight excluding hydrogens is 404 g/mol. The van der Waals surface area contributed by atoms with Crippen LogP contribution >= 0.6 is 0 Å². The van der Waals surface area contributed by atoms with Gasteiger partial charge in [0.25, 0.3) is 0 Å². The SMILES string of the molecule is CC1(C)C(=O)N(C2C3CC4CC2CC(C(=O)NC2CC2)(C4)C3)C1c1cccc2c1OCO2. The molecule has 1 saturated heterocycles. The van der Waals surface area contributed by atoms with Crippen molar-refractivity contribution in [3.63, 3.8) is 0 Å². The summed E-state index contributed by atoms with van der Waals surface area (Å²) in [6.45, 7) is 4.36. The molecule has 6 nitrogen and oxygen atoms in total. The van der Waals surface area contributed by atoms with Crippen LogP contribution in [0.4, 0.5) is 0 Å². The molecular formula is C26H32N2O4. The molecule has 2 amide bonds. The first-order valence-electron chi connectivity index (χ1n) is 12.4. The molecule has 32 heavy (non-hydrogen) atoms. The normalized spacial score (nSPS) is 40.4. The zero-order valence-corrected chi connectivity index (χ0v) is 18.9. The Hall–Kier alpha value is -2.24. The van der Waals surface area contributed by atoms with Gasteiger partial charge < -0.3 is 19.7 Å². The lowest BCUT2D eigenvalue weighted by atomic mass is 9.46. The number of hydrogen-bond donors (Lipinski definition) is 1. The van der Waals surface area contributed by atoms with Crippen molar-refractivity contribution in [3.8, 4) is 11.5 Å². The summed E-state index contributed by atoms with van der Waals surface area (Å²) in [4.78, 5) is 29.0. The second-order valence-corrected chi connectivity index (χ2v) is 11.9. The molecule has 1 aromatic rings. The van der Waals surface area contributed by atoms with Gasteiger partial charge in [-0.25, -0.2) is 0 Å². The second-order valence-electron chi connectivity index (χ2n) is 11.9. The largest absolute Gasteiger partial charge is 0.454 e. The van der Waals surface area contributed by atoms with E-state index < -0.39 is 5.41 Å². The highest BCUT2D eigenvalue weighted by atomic mass is 16.7. The minimum Gasteiger partial charge on any atom is -0.454 e. The van der Waals surface area contributed by atoms with Gasteiger partial charge >= 0.3 is 0 Å². The molecule has 6 heteroatoms. The standard InChI is InChI=1S/C26H32N2O4/c1-25(2)22(18-4-3-5-19-21(18)32-13-31-19)28(24(25)30)20-15-8-14-9-16(20)12-26(10-14,11-15)23(29)27-17-6-7-17/h3-5,14-17,20,22H,6-13H2,1-2H3,(H,27,29). The molecule has 6 fully saturated rings. The molecule has 2 aliphatic heterocycles. The molecule has 0 spiro atoms. The fourth-order valence-electron chi connectivity index (χ4n) is 8.16. The second kappa shape index (κ2) is 6.21. The fourth-order valence-corrected chi connectivity index (χ4v) is 8.16. The van der Waals surface area contributed by atoms with Crippen LogP contribution < -0.4 is 14.8 Å². The van der Waals surface area contributed by atoms with Crippen LogP contribution in [0.15, 0.2) is 18.2 Å². The Balaban J connectivity index is 1.22. The van der Waals surface area contributed by atoms with Crippen LogP contribution in [0, 0.1) is 28.6 Å². The highest BCUT2D eigenvalue weighted by molar-refractivity contribution is 5.91. The number of para-hydroxylation sites is 1. The predicted octanol–water partition coefficient (Wildman–Crippen LogP) is 3.80. The van der Waals surface area contributed by atoms with Gasteiger partial charge in [0.05, 0.1) is 16.9 Å². The van der Waals surface area contributed by atoms with Crippen LogP contribution in [0.1, 0.15) is 70.4 Å². The van der Waals surface area contributed by atoms with E-state index in [1.807, 2.05) is 12.1 Å². The van der Waals surface area contributed by atoms with Gasteiger partial charge in [-0.15, -0.1) is 0 Å². The number of nitrogens with one attached hydrogen (secondary N) is 1. The molecule has 1 aromatic carbocycles. The summed E-state index contributed by atoms with van der Waals surface area (Å²) < 4.78 is 11.5. The number of fused-ring (bicyclic) bond motifs is 1. The lowest BCUT2D eigenvalue weighted by Gasteiger charge is -2.66. The summed E-state index contributed by atoms with van der Waals surface area (Å²) in [5, 5.41) is 3.32. The fraction of sp³-hybridized carbons (Fsp3) is 0.692. The molecule has 3 atom stereocenters. The van der Waals surface area contributed by atoms with Crippen LogP contribution in [0.5, 0.6) is 11.5 Å². The van der Waals surface area contributed by atoms with Gasteiger partial charge in [0.15, 0.2) is 11.5 Å². The zero-order chi connectivity index (χ0) is 21.8. The Morgan fingerprint density at radius 2 is 1.84 bits per heavy atom. The number of likely N-dealkylation sites (tertiary alicyclic amines) is 1. The third-order valence-corrected chi connectivity index (χ3v) is 9.41. The highest BCUT2D eigenvalue weighted by Gasteiger charge is 2.66. The zero-order valence-electron chi connectivity index (χ0n) is 18.9. The number of rotatable bonds is 4. The molecule has 1 N–H and O–H groups in total. The van der Waals surface area contributed by atoms with Crippen molar-refractivity contribution < 1.29 is 19.1 Å². The van der Waals surface area contributed by atoms with E-state index in [9.17, 15) is 9.59 Å². The van der Waals surface area contributed by atoms with E-state index in [4.69, 9.17) is 9.47 Å². The van der Waals surface area contributed by atoms with Crippen molar-refractivity contribution in [1.29, 1.82) is 0 Å². The minimum absolute atomic E-state index is 0.00887. The van der Waals surface area contributed by atoms with Crippen LogP contribution in [0.25, 0.3) is 0 Å². The molecule has 8 rings (SSSR count). The van der Waals surface area contributed by atoms with Gasteiger partial charge in [-0.05, 0) is 82.6 Å². The van der Waals surface area contributed by atoms with E-state index in [0.717, 1.165) is 62.0 Å². The summed E-state index contributed by atoms with van der Waals surface area (Å²) >= 11 is 0. The number of amides is 2. The number of β-lactam (4-membered cyclic amide) rings is 1. The van der Waals surface area contributed by atoms with Crippen molar-refractivity contribution in [2.45, 2.75) is 76.9 Å². The third-order valence-electron chi connectivity index (χ3n) is 9.41. The van der Waals surface area contributed by atoms with Crippen molar-refractivity contribution in [1.82, 2.24) is 10.2 Å². The van der Waals surface area contributed by atoms with E-state index in [0.29, 0.717) is 29.7 Å². The smallest absolute Gasteiger partial charge is 0.231 e. The van der Waals surface area contributed by atoms with E-state index in [2.05, 4.69) is 30.1 Å². The average molecular weight is 437 g/mol. The summed E-state index contributed by atoms with van der Waals surface area (Å²) in [5.41, 5.74) is 0.413. The summed E-state index contributed by atoms with van der Waals surface area (Å²) in [7, 11) is 0. The first-order valence-corrected chi connectivity index (χ1v) is 12.4. The quantitative estimate of drug-likeness (QED) is 0.729. The van der Waals surface area contributed by atoms with Crippen LogP contribution in [-0.4, -0.2) is 35.6 Å². The lowest BCUT2D eigenvalue weighted by molar-refractivity contribution is -0.199. The van der Waals surface area contributed by atoms with Crippen molar-refractivity contribution in [2.75, 3.05) is 6.79 Å². The lowest BCUT2D eigenvalue weighted by Crippen LogP contribution is -2.71. The van der Waals surface area contributed by atoms with Crippen molar-refractivity contribution >= 4 is 11.8 Å². The van der Waals surface area contributed by atoms with Crippen LogP contribution in [0.2, 0.25) is 0 Å². The topological polar surface area (TPSA) is 67.9 Å². The van der Waals surface area contributed by atoms with E-state index in [-0.39, 0.29) is 30.2 Å². The molecule has 0 radical (unpaired) electrons. The minimum atomic E-state index is -0.462. The molecule has 2 heterocycles. The van der Waals surface area contributed by atoms with Crippen LogP contribution in [0.3, 0.4) is 0 Å². The van der Waals surface area contributed by atoms with Gasteiger partial charge in [0, 0.05) is 17.6 Å². The number of carbonyl (C=O) groups excluding carboxylic acids is 2. The van der Waals surface area contributed by atoms with Crippen LogP contribution in [-0.2, 0) is 9.59 Å². The number of carbonyl (C=O) groups is 2. The average Bonchev–Trinajstić information content (AvgIpc) is 3.43. The Morgan fingerprint density at radius 3 is 2.56 bits per heavy atom. The Morgan fingerprint density at radius 1 is 1.09 bits per heavy atom. The van der Waals surface area contributed by atoms with Gasteiger partial charge in [-0.2, -0.15) is 0 Å². The van der Waals surface area contributed by atoms with Crippen molar-refractivity contribution in [2.24, 2.45) is 28.6 Å². The number of hydrogen-bond acceptors (Lipinski definition) is 4. The van der Waals surface area contributed by atoms with Gasteiger partial charge in [0.2, 0.25) is 18.6 Å². The maximum absolute atomic E-state index is 13.5. The van der Waals surface area contributed by atoms with E-state index in [1.165, 1.54) is 0 Å². The van der Waals surface area contributed by atoms with E-state index >= 15 is 0 Å². The molecule has 5 aliphatic carbocycles. The molecule has 170 valence electrons. The van der Waals surface area contributed by atoms with E-state index in [1.54, 1.807) is 0 Å². The van der Waals surface area contributed by atoms with Gasteiger partial charge in [0.1, 0.15) is 0 Å². The monoisotopic (exact) mass is 436 g/mol. The Kier molecular flexibility index (Phi) is 3.73. The summed E-state index contributed by atoms with van der Waals surface area (Å²) in [6.07, 6.45) is 7.50. The van der Waals surface area contributed by atoms with Crippen molar-refractivity contribution in [3.05, 3.63) is 23.8 Å². The Labute approximate surface area is 189 Å². The molecule has 7 aliphatic rings. The molecule has 5 saturated carbocycles. The number of nitrogens with zero attached hydrogens (tertiary/aromatic N) is 1. The number of ether oxygens (including phenoxy) is 2. The van der Waals surface area contributed by atoms with Gasteiger partial charge in [-0.3, -0.25) is 9.59 Å². The highest BCUT2D eigenvalue weighted by Crippen LogP contribution is 2.65. The summed E-state index contributed by atoms with van der Waals surface area (Å²) in [5.74, 6) is 3.59. The third kappa shape index (κ3) is 2.47. The maximum Gasteiger partial charge on any atom is 0.231 e. The molecule has 4 bridgehead atoms. The number of benzene rings is 1. The van der Waals surface area contributed by atoms with Gasteiger partial charge in [-0.1, -0.05) is 12.1 Å². The molecule has 3 unspecified atom stereocenters. The maximum atomic E-state index is 13.5. The first-order chi connectivity index (χ1) is 15.4. The Bertz CT molecular complexity index is 999. The summed E-state index contributed by atoms with van der Waals surface area (Å²) in [6, 6.07) is 6.68. The molecule has 0 aromatic heterocycles. The predicted molar refractivity (Wildman–Crippen MR) is 117 cm³/mol.